The molecule has 0 spiro atoms. The van der Waals surface area contributed by atoms with E-state index in [1.54, 1.807) is 17.0 Å². The number of ether oxygens (including phenoxy) is 1. The number of urea groups is 1. The summed E-state index contributed by atoms with van der Waals surface area (Å²) in [6, 6.07) is 13.8. The van der Waals surface area contributed by atoms with Crippen molar-refractivity contribution in [2.45, 2.75) is 62.6 Å². The number of rotatable bonds is 9. The molecule has 0 aromatic heterocycles. The second-order valence-electron chi connectivity index (χ2n) is 11.3. The van der Waals surface area contributed by atoms with Crippen molar-refractivity contribution in [3.8, 4) is 0 Å². The van der Waals surface area contributed by atoms with Crippen LogP contribution in [-0.2, 0) is 21.0 Å². The number of nitrogens with zero attached hydrogens (tertiary/aromatic N) is 2. The van der Waals surface area contributed by atoms with Gasteiger partial charge in [-0.25, -0.2) is 22.4 Å². The number of halogens is 1. The van der Waals surface area contributed by atoms with E-state index < -0.39 is 27.0 Å². The first-order valence-corrected chi connectivity index (χ1v) is 15.7. The van der Waals surface area contributed by atoms with Crippen molar-refractivity contribution in [1.82, 2.24) is 15.1 Å². The van der Waals surface area contributed by atoms with Crippen molar-refractivity contribution in [3.63, 3.8) is 0 Å². The van der Waals surface area contributed by atoms with Gasteiger partial charge in [-0.15, -0.1) is 0 Å². The third kappa shape index (κ3) is 5.48. The molecule has 4 aliphatic rings. The van der Waals surface area contributed by atoms with Crippen LogP contribution in [0, 0.1) is 5.82 Å². The largest absolute Gasteiger partial charge is 0.449 e. The number of benzene rings is 2. The Morgan fingerprint density at radius 1 is 1.13 bits per heavy atom. The highest BCUT2D eigenvalue weighted by Gasteiger charge is 2.72. The van der Waals surface area contributed by atoms with E-state index in [4.69, 9.17) is 4.74 Å². The van der Waals surface area contributed by atoms with Gasteiger partial charge in [0.05, 0.1) is 23.9 Å². The Kier molecular flexibility index (Phi) is 7.35. The van der Waals surface area contributed by atoms with Crippen molar-refractivity contribution in [2.75, 3.05) is 31.7 Å². The first-order chi connectivity index (χ1) is 18.5. The smallest absolute Gasteiger partial charge is 0.410 e. The molecular weight excluding hydrogens is 521 g/mol. The number of amides is 3. The first-order valence-electron chi connectivity index (χ1n) is 13.6. The minimum atomic E-state index is -3.26. The molecule has 1 aliphatic heterocycles. The molecule has 1 heterocycles. The molecule has 210 valence electrons. The minimum absolute atomic E-state index is 0.0728. The standard InChI is InChI=1S/C29H36FN3O5S/c1-3-4-16-38-27(35)33(15-17-39(2,36)37)29-18-28(19-29,20-29)31-26(34)32-14-13-21-7-5-6-8-24(21)25(32)22-9-11-23(30)12-10-22/h5-12,25H,3-4,13-20H2,1-2H3,(H,31,34)/t25-,28?,29?/m0/s1. The van der Waals surface area contributed by atoms with Crippen LogP contribution in [0.5, 0.6) is 0 Å². The second kappa shape index (κ2) is 10.4. The van der Waals surface area contributed by atoms with Gasteiger partial charge in [-0.05, 0) is 60.9 Å². The molecule has 10 heteroatoms. The van der Waals surface area contributed by atoms with Gasteiger partial charge in [0.1, 0.15) is 15.7 Å². The van der Waals surface area contributed by atoms with Gasteiger partial charge >= 0.3 is 12.1 Å². The summed E-state index contributed by atoms with van der Waals surface area (Å²) in [7, 11) is -3.26. The minimum Gasteiger partial charge on any atom is -0.449 e. The van der Waals surface area contributed by atoms with Crippen LogP contribution in [0.25, 0.3) is 0 Å². The van der Waals surface area contributed by atoms with Crippen LogP contribution in [0.2, 0.25) is 0 Å². The molecule has 0 unspecified atom stereocenters. The molecule has 1 N–H and O–H groups in total. The Morgan fingerprint density at radius 3 is 2.49 bits per heavy atom. The van der Waals surface area contributed by atoms with Crippen molar-refractivity contribution in [3.05, 3.63) is 71.0 Å². The summed E-state index contributed by atoms with van der Waals surface area (Å²) in [5.41, 5.74) is 2.11. The monoisotopic (exact) mass is 557 g/mol. The van der Waals surface area contributed by atoms with E-state index in [2.05, 4.69) is 11.4 Å². The Labute approximate surface area is 229 Å². The molecule has 3 saturated carbocycles. The lowest BCUT2D eigenvalue weighted by atomic mass is 9.43. The molecule has 8 nitrogen and oxygen atoms in total. The highest BCUT2D eigenvalue weighted by atomic mass is 32.2. The lowest BCUT2D eigenvalue weighted by Crippen LogP contribution is -2.85. The van der Waals surface area contributed by atoms with Gasteiger partial charge in [0.25, 0.3) is 0 Å². The Hall–Kier alpha value is -3.14. The van der Waals surface area contributed by atoms with Gasteiger partial charge < -0.3 is 19.9 Å². The summed E-state index contributed by atoms with van der Waals surface area (Å²) >= 11 is 0. The molecule has 3 fully saturated rings. The van der Waals surface area contributed by atoms with Crippen LogP contribution in [0.3, 0.4) is 0 Å². The fourth-order valence-electron chi connectivity index (χ4n) is 6.40. The van der Waals surface area contributed by atoms with Crippen molar-refractivity contribution >= 4 is 22.0 Å². The summed E-state index contributed by atoms with van der Waals surface area (Å²) in [5, 5.41) is 3.23. The molecule has 2 aromatic carbocycles. The molecule has 0 radical (unpaired) electrons. The zero-order chi connectivity index (χ0) is 27.8. The molecule has 2 bridgehead atoms. The van der Waals surface area contributed by atoms with E-state index in [0.29, 0.717) is 32.4 Å². The fourth-order valence-corrected chi connectivity index (χ4v) is 6.92. The lowest BCUT2D eigenvalue weighted by molar-refractivity contribution is -0.161. The molecule has 1 atom stereocenters. The van der Waals surface area contributed by atoms with Crippen LogP contribution >= 0.6 is 0 Å². The van der Waals surface area contributed by atoms with Crippen molar-refractivity contribution in [2.24, 2.45) is 0 Å². The normalized spacial score (nSPS) is 25.1. The number of hydrogen-bond acceptors (Lipinski definition) is 5. The molecule has 39 heavy (non-hydrogen) atoms. The second-order valence-corrected chi connectivity index (χ2v) is 13.6. The van der Waals surface area contributed by atoms with E-state index in [9.17, 15) is 22.4 Å². The average molecular weight is 558 g/mol. The molecule has 3 aliphatic carbocycles. The number of carbonyl (C=O) groups excluding carboxylic acids is 2. The van der Waals surface area contributed by atoms with Crippen molar-refractivity contribution in [1.29, 1.82) is 0 Å². The van der Waals surface area contributed by atoms with E-state index in [-0.39, 0.29) is 30.2 Å². The van der Waals surface area contributed by atoms with Gasteiger partial charge in [0.2, 0.25) is 0 Å². The number of carbonyl (C=O) groups is 2. The summed E-state index contributed by atoms with van der Waals surface area (Å²) < 4.78 is 42.8. The highest BCUT2D eigenvalue weighted by molar-refractivity contribution is 7.90. The molecule has 2 aromatic rings. The van der Waals surface area contributed by atoms with Crippen LogP contribution in [0.4, 0.5) is 14.0 Å². The topological polar surface area (TPSA) is 96.0 Å². The maximum Gasteiger partial charge on any atom is 0.410 e. The number of fused-ring (bicyclic) bond motifs is 1. The van der Waals surface area contributed by atoms with Crippen LogP contribution in [0.15, 0.2) is 48.5 Å². The third-order valence-corrected chi connectivity index (χ3v) is 9.23. The quantitative estimate of drug-likeness (QED) is 0.460. The van der Waals surface area contributed by atoms with Gasteiger partial charge in [-0.1, -0.05) is 49.7 Å². The SMILES string of the molecule is CCCCOC(=O)N(CCS(C)(=O)=O)C12CC(NC(=O)N3CCc4ccccc4[C@@H]3c3ccc(F)cc3)(C1)C2. The summed E-state index contributed by atoms with van der Waals surface area (Å²) in [4.78, 5) is 30.0. The van der Waals surface area contributed by atoms with Gasteiger partial charge in [-0.2, -0.15) is 0 Å². The molecular formula is C29H36FN3O5S. The number of sulfone groups is 1. The highest BCUT2D eigenvalue weighted by Crippen LogP contribution is 2.63. The van der Waals surface area contributed by atoms with Crippen LogP contribution in [0.1, 0.15) is 61.8 Å². The van der Waals surface area contributed by atoms with Crippen LogP contribution < -0.4 is 5.32 Å². The molecule has 6 rings (SSSR count). The lowest BCUT2D eigenvalue weighted by Gasteiger charge is -2.73. The van der Waals surface area contributed by atoms with Crippen LogP contribution in [-0.4, -0.2) is 73.1 Å². The predicted octanol–water partition coefficient (Wildman–Crippen LogP) is 4.44. The average Bonchev–Trinajstić information content (AvgIpc) is 2.85. The maximum absolute atomic E-state index is 13.7. The number of unbranched alkanes of at least 4 members (excludes halogenated alkanes) is 1. The van der Waals surface area contributed by atoms with E-state index in [0.717, 1.165) is 36.6 Å². The van der Waals surface area contributed by atoms with Crippen molar-refractivity contribution < 1.29 is 27.1 Å². The molecule has 3 amide bonds. The van der Waals surface area contributed by atoms with E-state index in [1.165, 1.54) is 17.7 Å². The Morgan fingerprint density at radius 2 is 1.82 bits per heavy atom. The zero-order valence-corrected chi connectivity index (χ0v) is 23.3. The maximum atomic E-state index is 13.7. The van der Waals surface area contributed by atoms with Gasteiger partial charge in [-0.3, -0.25) is 0 Å². The Balaban J connectivity index is 1.29. The van der Waals surface area contributed by atoms with Gasteiger partial charge in [0.15, 0.2) is 0 Å². The third-order valence-electron chi connectivity index (χ3n) is 8.31. The molecule has 0 saturated heterocycles. The number of nitrogens with one attached hydrogen (secondary N) is 1. The number of hydrogen-bond donors (Lipinski definition) is 1. The summed E-state index contributed by atoms with van der Waals surface area (Å²) in [6.45, 7) is 2.90. The van der Waals surface area contributed by atoms with E-state index >= 15 is 0 Å². The predicted molar refractivity (Wildman–Crippen MR) is 146 cm³/mol. The van der Waals surface area contributed by atoms with Gasteiger partial charge in [0, 0.05) is 24.9 Å². The summed E-state index contributed by atoms with van der Waals surface area (Å²) in [5.74, 6) is -0.463. The first kappa shape index (κ1) is 27.4. The summed E-state index contributed by atoms with van der Waals surface area (Å²) in [6.07, 6.45) is 4.70. The zero-order valence-electron chi connectivity index (χ0n) is 22.5. The van der Waals surface area contributed by atoms with E-state index in [1.807, 2.05) is 30.0 Å². The fraction of sp³-hybridized carbons (Fsp3) is 0.517. The Bertz CT molecular complexity index is 1330.